The van der Waals surface area contributed by atoms with E-state index in [1.165, 1.54) is 45.3 Å². The van der Waals surface area contributed by atoms with Crippen LogP contribution in [0.25, 0.3) is 0 Å². The number of nitrogens with zero attached hydrogens (tertiary/aromatic N) is 1. The zero-order chi connectivity index (χ0) is 15.2. The average molecular weight is 283 g/mol. The number of hydrogen-bond donors (Lipinski definition) is 1. The summed E-state index contributed by atoms with van der Waals surface area (Å²) in [5, 5.41) is 3.58. The molecule has 1 saturated heterocycles. The molecule has 0 bridgehead atoms. The van der Waals surface area contributed by atoms with Gasteiger partial charge in [0.2, 0.25) is 0 Å². The highest BCUT2D eigenvalue weighted by Crippen LogP contribution is 2.34. The minimum atomic E-state index is 0.484. The molecule has 20 heavy (non-hydrogen) atoms. The Bertz CT molecular complexity index is 255. The second-order valence-electron chi connectivity index (χ2n) is 8.27. The molecule has 120 valence electrons. The second-order valence-corrected chi connectivity index (χ2v) is 8.27. The Balaban J connectivity index is 2.29. The van der Waals surface area contributed by atoms with Crippen molar-refractivity contribution in [3.8, 4) is 0 Å². The number of hydrogen-bond acceptors (Lipinski definition) is 2. The molecular weight excluding hydrogens is 244 g/mol. The SMILES string of the molecule is CC(C)CNCCC(C)N1CCCC(C(C)(C)C)CC1. The zero-order valence-electron chi connectivity index (χ0n) is 14.8. The van der Waals surface area contributed by atoms with Gasteiger partial charge in [-0.25, -0.2) is 0 Å². The van der Waals surface area contributed by atoms with Gasteiger partial charge >= 0.3 is 0 Å². The maximum atomic E-state index is 3.58. The first kappa shape index (κ1) is 18.0. The van der Waals surface area contributed by atoms with Gasteiger partial charge in [-0.2, -0.15) is 0 Å². The zero-order valence-corrected chi connectivity index (χ0v) is 14.8. The Labute approximate surface area is 127 Å². The topological polar surface area (TPSA) is 15.3 Å². The van der Waals surface area contributed by atoms with E-state index >= 15 is 0 Å². The number of likely N-dealkylation sites (tertiary alicyclic amines) is 1. The summed E-state index contributed by atoms with van der Waals surface area (Å²) < 4.78 is 0. The van der Waals surface area contributed by atoms with Crippen LogP contribution in [0.3, 0.4) is 0 Å². The predicted octanol–water partition coefficient (Wildman–Crippen LogP) is 4.16. The second kappa shape index (κ2) is 8.38. The summed E-state index contributed by atoms with van der Waals surface area (Å²) in [4.78, 5) is 2.72. The van der Waals surface area contributed by atoms with E-state index in [9.17, 15) is 0 Å². The lowest BCUT2D eigenvalue weighted by Gasteiger charge is -2.31. The molecular formula is C18H38N2. The van der Waals surface area contributed by atoms with E-state index in [4.69, 9.17) is 0 Å². The van der Waals surface area contributed by atoms with Crippen molar-refractivity contribution < 1.29 is 0 Å². The molecule has 0 radical (unpaired) electrons. The largest absolute Gasteiger partial charge is 0.316 e. The first-order valence-corrected chi connectivity index (χ1v) is 8.75. The summed E-state index contributed by atoms with van der Waals surface area (Å²) in [5.74, 6) is 1.66. The maximum absolute atomic E-state index is 3.58. The average Bonchev–Trinajstić information content (AvgIpc) is 2.59. The van der Waals surface area contributed by atoms with Crippen LogP contribution in [0, 0.1) is 17.3 Å². The van der Waals surface area contributed by atoms with Gasteiger partial charge in [0.15, 0.2) is 0 Å². The third-order valence-corrected chi connectivity index (χ3v) is 4.90. The van der Waals surface area contributed by atoms with Crippen molar-refractivity contribution in [3.63, 3.8) is 0 Å². The molecule has 2 heteroatoms. The highest BCUT2D eigenvalue weighted by atomic mass is 15.1. The minimum Gasteiger partial charge on any atom is -0.316 e. The van der Waals surface area contributed by atoms with Crippen molar-refractivity contribution in [2.45, 2.75) is 73.3 Å². The Morgan fingerprint density at radius 2 is 1.80 bits per heavy atom. The number of nitrogens with one attached hydrogen (secondary N) is 1. The van der Waals surface area contributed by atoms with E-state index in [0.717, 1.165) is 24.4 Å². The van der Waals surface area contributed by atoms with Gasteiger partial charge in [-0.3, -0.25) is 0 Å². The predicted molar refractivity (Wildman–Crippen MR) is 90.2 cm³/mol. The van der Waals surface area contributed by atoms with Crippen molar-refractivity contribution in [1.82, 2.24) is 10.2 Å². The molecule has 1 fully saturated rings. The van der Waals surface area contributed by atoms with Crippen LogP contribution in [0.15, 0.2) is 0 Å². The van der Waals surface area contributed by atoms with E-state index < -0.39 is 0 Å². The van der Waals surface area contributed by atoms with Gasteiger partial charge in [0.1, 0.15) is 0 Å². The van der Waals surface area contributed by atoms with Crippen LogP contribution < -0.4 is 5.32 Å². The molecule has 1 heterocycles. The summed E-state index contributed by atoms with van der Waals surface area (Å²) in [6.45, 7) is 19.1. The van der Waals surface area contributed by atoms with Crippen molar-refractivity contribution in [2.24, 2.45) is 17.3 Å². The lowest BCUT2D eigenvalue weighted by Crippen LogP contribution is -2.37. The normalized spacial score (nSPS) is 23.9. The van der Waals surface area contributed by atoms with Gasteiger partial charge in [0.25, 0.3) is 0 Å². The number of rotatable bonds is 6. The molecule has 0 aromatic carbocycles. The van der Waals surface area contributed by atoms with Crippen molar-refractivity contribution in [3.05, 3.63) is 0 Å². The lowest BCUT2D eigenvalue weighted by atomic mass is 9.77. The summed E-state index contributed by atoms with van der Waals surface area (Å²) >= 11 is 0. The first-order valence-electron chi connectivity index (χ1n) is 8.75. The summed E-state index contributed by atoms with van der Waals surface area (Å²) in [6.07, 6.45) is 5.46. The van der Waals surface area contributed by atoms with Crippen LogP contribution in [0.5, 0.6) is 0 Å². The summed E-state index contributed by atoms with van der Waals surface area (Å²) in [6, 6.07) is 0.730. The molecule has 0 saturated carbocycles. The summed E-state index contributed by atoms with van der Waals surface area (Å²) in [5.41, 5.74) is 0.484. The molecule has 1 N–H and O–H groups in total. The third kappa shape index (κ3) is 6.58. The van der Waals surface area contributed by atoms with E-state index in [2.05, 4.69) is 51.8 Å². The highest BCUT2D eigenvalue weighted by Gasteiger charge is 2.28. The summed E-state index contributed by atoms with van der Waals surface area (Å²) in [7, 11) is 0. The van der Waals surface area contributed by atoms with Crippen LogP contribution in [0.2, 0.25) is 0 Å². The molecule has 2 atom stereocenters. The molecule has 0 aliphatic carbocycles. The first-order chi connectivity index (χ1) is 9.30. The molecule has 1 aliphatic heterocycles. The van der Waals surface area contributed by atoms with Gasteiger partial charge < -0.3 is 10.2 Å². The minimum absolute atomic E-state index is 0.484. The molecule has 1 aliphatic rings. The third-order valence-electron chi connectivity index (χ3n) is 4.90. The van der Waals surface area contributed by atoms with E-state index in [1.807, 2.05) is 0 Å². The van der Waals surface area contributed by atoms with Crippen LogP contribution in [0.4, 0.5) is 0 Å². The Morgan fingerprint density at radius 1 is 1.10 bits per heavy atom. The molecule has 0 aromatic heterocycles. The maximum Gasteiger partial charge on any atom is 0.00790 e. The van der Waals surface area contributed by atoms with Gasteiger partial charge in [-0.15, -0.1) is 0 Å². The Hall–Kier alpha value is -0.0800. The Morgan fingerprint density at radius 3 is 2.40 bits per heavy atom. The standard InChI is InChI=1S/C18H38N2/c1-15(2)14-19-11-9-16(3)20-12-7-8-17(10-13-20)18(4,5)6/h15-17,19H,7-14H2,1-6H3. The van der Waals surface area contributed by atoms with E-state index in [0.29, 0.717) is 5.41 Å². The fourth-order valence-electron chi connectivity index (χ4n) is 3.31. The quantitative estimate of drug-likeness (QED) is 0.736. The van der Waals surface area contributed by atoms with Crippen molar-refractivity contribution in [1.29, 1.82) is 0 Å². The van der Waals surface area contributed by atoms with Crippen LogP contribution >= 0.6 is 0 Å². The molecule has 2 unspecified atom stereocenters. The van der Waals surface area contributed by atoms with Crippen LogP contribution in [-0.2, 0) is 0 Å². The van der Waals surface area contributed by atoms with Crippen LogP contribution in [0.1, 0.15) is 67.2 Å². The Kier molecular flexibility index (Phi) is 7.53. The molecule has 0 amide bonds. The molecule has 0 spiro atoms. The van der Waals surface area contributed by atoms with Crippen molar-refractivity contribution in [2.75, 3.05) is 26.2 Å². The lowest BCUT2D eigenvalue weighted by molar-refractivity contribution is 0.183. The van der Waals surface area contributed by atoms with E-state index in [1.54, 1.807) is 0 Å². The van der Waals surface area contributed by atoms with E-state index in [-0.39, 0.29) is 0 Å². The van der Waals surface area contributed by atoms with Gasteiger partial charge in [0.05, 0.1) is 0 Å². The van der Waals surface area contributed by atoms with Gasteiger partial charge in [-0.05, 0) is 76.0 Å². The van der Waals surface area contributed by atoms with Gasteiger partial charge in [0, 0.05) is 6.04 Å². The smallest absolute Gasteiger partial charge is 0.00790 e. The molecule has 0 aromatic rings. The van der Waals surface area contributed by atoms with Gasteiger partial charge in [-0.1, -0.05) is 34.6 Å². The monoisotopic (exact) mass is 282 g/mol. The van der Waals surface area contributed by atoms with Crippen molar-refractivity contribution >= 4 is 0 Å². The van der Waals surface area contributed by atoms with Crippen LogP contribution in [-0.4, -0.2) is 37.1 Å². The fraction of sp³-hybridized carbons (Fsp3) is 1.00. The molecule has 1 rings (SSSR count). The highest BCUT2D eigenvalue weighted by molar-refractivity contribution is 4.80. The molecule has 2 nitrogen and oxygen atoms in total. The fourth-order valence-corrected chi connectivity index (χ4v) is 3.31.